The Morgan fingerprint density at radius 1 is 1.26 bits per heavy atom. The summed E-state index contributed by atoms with van der Waals surface area (Å²) in [6.45, 7) is 2.62. The molecule has 5 nitrogen and oxygen atoms in total. The highest BCUT2D eigenvalue weighted by molar-refractivity contribution is 7.90. The number of hydrogen-bond donors (Lipinski definition) is 2. The lowest BCUT2D eigenvalue weighted by Gasteiger charge is -2.18. The monoisotopic (exact) mass is 286 g/mol. The summed E-state index contributed by atoms with van der Waals surface area (Å²) in [5.74, 6) is 0. The van der Waals surface area contributed by atoms with Crippen LogP contribution in [0.3, 0.4) is 0 Å². The Morgan fingerprint density at radius 3 is 2.42 bits per heavy atom. The van der Waals surface area contributed by atoms with Crippen LogP contribution >= 0.6 is 0 Å². The second kappa shape index (κ2) is 7.47. The SMILES string of the molecule is CCCCN(C)S(=O)(=O)Nc1ccc(CCO)cc1. The average Bonchev–Trinajstić information content (AvgIpc) is 2.38. The van der Waals surface area contributed by atoms with Gasteiger partial charge in [0.15, 0.2) is 0 Å². The first-order valence-corrected chi connectivity index (χ1v) is 7.87. The zero-order valence-electron chi connectivity index (χ0n) is 11.5. The summed E-state index contributed by atoms with van der Waals surface area (Å²) in [4.78, 5) is 0. The fraction of sp³-hybridized carbons (Fsp3) is 0.538. The second-order valence-electron chi connectivity index (χ2n) is 4.45. The number of anilines is 1. The molecular weight excluding hydrogens is 264 g/mol. The van der Waals surface area contributed by atoms with Crippen molar-refractivity contribution in [3.05, 3.63) is 29.8 Å². The van der Waals surface area contributed by atoms with Crippen molar-refractivity contribution in [1.29, 1.82) is 0 Å². The van der Waals surface area contributed by atoms with Crippen molar-refractivity contribution < 1.29 is 13.5 Å². The van der Waals surface area contributed by atoms with E-state index in [-0.39, 0.29) is 6.61 Å². The summed E-state index contributed by atoms with van der Waals surface area (Å²) in [6.07, 6.45) is 2.37. The smallest absolute Gasteiger partial charge is 0.301 e. The van der Waals surface area contributed by atoms with E-state index in [1.165, 1.54) is 4.31 Å². The van der Waals surface area contributed by atoms with Crippen LogP contribution in [0.2, 0.25) is 0 Å². The fourth-order valence-corrected chi connectivity index (χ4v) is 2.56. The van der Waals surface area contributed by atoms with Gasteiger partial charge in [0.2, 0.25) is 0 Å². The molecule has 0 heterocycles. The van der Waals surface area contributed by atoms with E-state index in [1.54, 1.807) is 31.3 Å². The molecular formula is C13H22N2O3S. The van der Waals surface area contributed by atoms with Crippen LogP contribution in [0.25, 0.3) is 0 Å². The number of aliphatic hydroxyl groups is 1. The molecule has 0 spiro atoms. The molecule has 0 saturated heterocycles. The quantitative estimate of drug-likeness (QED) is 0.763. The number of aliphatic hydroxyl groups excluding tert-OH is 1. The van der Waals surface area contributed by atoms with Crippen molar-refractivity contribution in [1.82, 2.24) is 4.31 Å². The van der Waals surface area contributed by atoms with E-state index < -0.39 is 10.2 Å². The van der Waals surface area contributed by atoms with Crippen molar-refractivity contribution in [2.24, 2.45) is 0 Å². The number of nitrogens with zero attached hydrogens (tertiary/aromatic N) is 1. The van der Waals surface area contributed by atoms with Crippen LogP contribution in [0.1, 0.15) is 25.3 Å². The Labute approximate surface area is 115 Å². The number of nitrogens with one attached hydrogen (secondary N) is 1. The lowest BCUT2D eigenvalue weighted by molar-refractivity contribution is 0.299. The standard InChI is InChI=1S/C13H22N2O3S/c1-3-4-10-15(2)19(17,18)14-13-7-5-12(6-8-13)9-11-16/h5-8,14,16H,3-4,9-11H2,1-2H3. The zero-order valence-corrected chi connectivity index (χ0v) is 12.3. The van der Waals surface area contributed by atoms with Crippen LogP contribution in [0, 0.1) is 0 Å². The molecule has 1 aromatic rings. The third-order valence-electron chi connectivity index (χ3n) is 2.84. The molecule has 1 rings (SSSR count). The number of hydrogen-bond acceptors (Lipinski definition) is 3. The molecule has 0 aliphatic rings. The maximum absolute atomic E-state index is 12.0. The van der Waals surface area contributed by atoms with Gasteiger partial charge in [-0.3, -0.25) is 4.72 Å². The first-order valence-electron chi connectivity index (χ1n) is 6.43. The van der Waals surface area contributed by atoms with Crippen molar-refractivity contribution in [2.45, 2.75) is 26.2 Å². The highest BCUT2D eigenvalue weighted by Gasteiger charge is 2.16. The Bertz CT molecular complexity index is 471. The van der Waals surface area contributed by atoms with E-state index >= 15 is 0 Å². The number of rotatable bonds is 8. The third-order valence-corrected chi connectivity index (χ3v) is 4.33. The van der Waals surface area contributed by atoms with Crippen LogP contribution in [0.4, 0.5) is 5.69 Å². The van der Waals surface area contributed by atoms with Gasteiger partial charge >= 0.3 is 10.2 Å². The van der Waals surface area contributed by atoms with Gasteiger partial charge in [0, 0.05) is 25.9 Å². The molecule has 0 amide bonds. The molecule has 2 N–H and O–H groups in total. The lowest BCUT2D eigenvalue weighted by atomic mass is 10.1. The van der Waals surface area contributed by atoms with Gasteiger partial charge in [0.05, 0.1) is 0 Å². The van der Waals surface area contributed by atoms with Crippen LogP contribution < -0.4 is 4.72 Å². The van der Waals surface area contributed by atoms with E-state index in [9.17, 15) is 8.42 Å². The Balaban J connectivity index is 2.67. The predicted molar refractivity (Wildman–Crippen MR) is 77.3 cm³/mol. The second-order valence-corrected chi connectivity index (χ2v) is 6.23. The van der Waals surface area contributed by atoms with Gasteiger partial charge in [-0.1, -0.05) is 25.5 Å². The van der Waals surface area contributed by atoms with Crippen LogP contribution in [0.5, 0.6) is 0 Å². The summed E-state index contributed by atoms with van der Waals surface area (Å²) in [6, 6.07) is 7.02. The highest BCUT2D eigenvalue weighted by Crippen LogP contribution is 2.13. The molecule has 0 unspecified atom stereocenters. The normalized spacial score (nSPS) is 11.8. The first kappa shape index (κ1) is 15.9. The maximum atomic E-state index is 12.0. The van der Waals surface area contributed by atoms with Gasteiger partial charge in [0.1, 0.15) is 0 Å². The molecule has 0 aromatic heterocycles. The van der Waals surface area contributed by atoms with Crippen LogP contribution in [0.15, 0.2) is 24.3 Å². The van der Waals surface area contributed by atoms with Crippen molar-refractivity contribution in [2.75, 3.05) is 24.9 Å². The molecule has 19 heavy (non-hydrogen) atoms. The summed E-state index contributed by atoms with van der Waals surface area (Å²) < 4.78 is 27.8. The van der Waals surface area contributed by atoms with Gasteiger partial charge in [-0.2, -0.15) is 12.7 Å². The van der Waals surface area contributed by atoms with Gasteiger partial charge in [0.25, 0.3) is 0 Å². The van der Waals surface area contributed by atoms with E-state index in [0.717, 1.165) is 18.4 Å². The lowest BCUT2D eigenvalue weighted by Crippen LogP contribution is -2.33. The largest absolute Gasteiger partial charge is 0.396 e. The summed E-state index contributed by atoms with van der Waals surface area (Å²) >= 11 is 0. The topological polar surface area (TPSA) is 69.6 Å². The summed E-state index contributed by atoms with van der Waals surface area (Å²) in [5.41, 5.74) is 1.51. The minimum atomic E-state index is -3.48. The molecule has 0 fully saturated rings. The first-order chi connectivity index (χ1) is 8.99. The van der Waals surface area contributed by atoms with Crippen molar-refractivity contribution in [3.8, 4) is 0 Å². The maximum Gasteiger partial charge on any atom is 0.301 e. The van der Waals surface area contributed by atoms with E-state index in [2.05, 4.69) is 4.72 Å². The molecule has 1 aromatic carbocycles. The van der Waals surface area contributed by atoms with Crippen molar-refractivity contribution >= 4 is 15.9 Å². The van der Waals surface area contributed by atoms with E-state index in [0.29, 0.717) is 18.7 Å². The molecule has 0 atom stereocenters. The molecule has 0 bridgehead atoms. The van der Waals surface area contributed by atoms with Gasteiger partial charge < -0.3 is 5.11 Å². The Hall–Kier alpha value is -1.11. The van der Waals surface area contributed by atoms with Gasteiger partial charge in [-0.25, -0.2) is 0 Å². The summed E-state index contributed by atoms with van der Waals surface area (Å²) in [7, 11) is -1.91. The Morgan fingerprint density at radius 2 is 1.89 bits per heavy atom. The molecule has 108 valence electrons. The van der Waals surface area contributed by atoms with Crippen molar-refractivity contribution in [3.63, 3.8) is 0 Å². The summed E-state index contributed by atoms with van der Waals surface area (Å²) in [5, 5.41) is 8.81. The predicted octanol–water partition coefficient (Wildman–Crippen LogP) is 1.61. The molecule has 0 saturated carbocycles. The van der Waals surface area contributed by atoms with Gasteiger partial charge in [-0.05, 0) is 30.5 Å². The third kappa shape index (κ3) is 5.18. The van der Waals surface area contributed by atoms with Gasteiger partial charge in [-0.15, -0.1) is 0 Å². The molecule has 6 heteroatoms. The highest BCUT2D eigenvalue weighted by atomic mass is 32.2. The molecule has 0 aliphatic heterocycles. The average molecular weight is 286 g/mol. The minimum Gasteiger partial charge on any atom is -0.396 e. The number of benzene rings is 1. The van der Waals surface area contributed by atoms with Crippen LogP contribution in [-0.4, -0.2) is 38.0 Å². The molecule has 0 aliphatic carbocycles. The zero-order chi connectivity index (χ0) is 14.3. The Kier molecular flexibility index (Phi) is 6.27. The minimum absolute atomic E-state index is 0.0881. The van der Waals surface area contributed by atoms with Crippen LogP contribution in [-0.2, 0) is 16.6 Å². The van der Waals surface area contributed by atoms with E-state index in [4.69, 9.17) is 5.11 Å². The molecule has 0 radical (unpaired) electrons. The number of unbranched alkanes of at least 4 members (excludes halogenated alkanes) is 1. The van der Waals surface area contributed by atoms with E-state index in [1.807, 2.05) is 6.92 Å². The fourth-order valence-electron chi connectivity index (χ4n) is 1.60.